The standard InChI is InChI=1S/C5H3N5/c6-1-3-4(2-7)10-5(8)9-3/h6H,(H2,8,9). The molecule has 0 fully saturated rings. The monoisotopic (exact) mass is 133 g/mol. The lowest BCUT2D eigenvalue weighted by atomic mass is 10.3. The summed E-state index contributed by atoms with van der Waals surface area (Å²) < 4.78 is 0. The summed E-state index contributed by atoms with van der Waals surface area (Å²) in [6, 6.07) is 1.73. The summed E-state index contributed by atoms with van der Waals surface area (Å²) in [7, 11) is 0. The number of guanidine groups is 1. The molecule has 48 valence electrons. The van der Waals surface area contributed by atoms with E-state index in [1.165, 1.54) is 0 Å². The number of hydrogen-bond acceptors (Lipinski definition) is 5. The highest BCUT2D eigenvalue weighted by molar-refractivity contribution is 6.23. The molecule has 0 bridgehead atoms. The van der Waals surface area contributed by atoms with Crippen molar-refractivity contribution < 1.29 is 0 Å². The molecule has 1 rings (SSSR count). The van der Waals surface area contributed by atoms with Crippen molar-refractivity contribution in [3.05, 3.63) is 5.70 Å². The molecule has 0 spiro atoms. The van der Waals surface area contributed by atoms with Crippen molar-refractivity contribution in [1.29, 1.82) is 10.7 Å². The van der Waals surface area contributed by atoms with Crippen molar-refractivity contribution in [3.8, 4) is 6.07 Å². The van der Waals surface area contributed by atoms with Gasteiger partial charge in [0.15, 0.2) is 11.4 Å². The molecule has 5 heteroatoms. The molecule has 3 N–H and O–H groups in total. The van der Waals surface area contributed by atoms with E-state index in [1.807, 2.05) is 5.87 Å². The van der Waals surface area contributed by atoms with Crippen LogP contribution in [0.4, 0.5) is 0 Å². The van der Waals surface area contributed by atoms with Gasteiger partial charge in [-0.1, -0.05) is 0 Å². The van der Waals surface area contributed by atoms with Crippen molar-refractivity contribution in [2.24, 2.45) is 15.7 Å². The first kappa shape index (κ1) is 6.20. The zero-order valence-corrected chi connectivity index (χ0v) is 4.92. The maximum absolute atomic E-state index is 8.33. The summed E-state index contributed by atoms with van der Waals surface area (Å²) in [5.41, 5.74) is 5.28. The van der Waals surface area contributed by atoms with Gasteiger partial charge in [-0.25, -0.2) is 4.99 Å². The Morgan fingerprint density at radius 3 is 2.60 bits per heavy atom. The first-order valence-corrected chi connectivity index (χ1v) is 2.41. The van der Waals surface area contributed by atoms with Crippen molar-refractivity contribution in [2.45, 2.75) is 0 Å². The molecule has 1 heterocycles. The number of rotatable bonds is 0. The van der Waals surface area contributed by atoms with Gasteiger partial charge in [-0.2, -0.15) is 10.3 Å². The summed E-state index contributed by atoms with van der Waals surface area (Å²) in [5, 5.41) is 15.0. The second-order valence-electron chi connectivity index (χ2n) is 1.52. The Kier molecular flexibility index (Phi) is 1.32. The maximum atomic E-state index is 8.33. The Morgan fingerprint density at radius 2 is 2.20 bits per heavy atom. The number of nitriles is 1. The van der Waals surface area contributed by atoms with Crippen LogP contribution in [-0.2, 0) is 0 Å². The van der Waals surface area contributed by atoms with Gasteiger partial charge in [0.25, 0.3) is 0 Å². The molecule has 0 aliphatic carbocycles. The fraction of sp³-hybridized carbons (Fsp3) is 0. The summed E-state index contributed by atoms with van der Waals surface area (Å²) in [4.78, 5) is 7.07. The summed E-state index contributed by atoms with van der Waals surface area (Å²) in [5.74, 6) is 1.95. The topological polar surface area (TPSA) is 98.4 Å². The quantitative estimate of drug-likeness (QED) is 0.432. The van der Waals surface area contributed by atoms with Gasteiger partial charge in [0, 0.05) is 5.87 Å². The average molecular weight is 133 g/mol. The van der Waals surface area contributed by atoms with Crippen LogP contribution in [-0.4, -0.2) is 17.5 Å². The van der Waals surface area contributed by atoms with Crippen molar-refractivity contribution in [3.63, 3.8) is 0 Å². The maximum Gasteiger partial charge on any atom is 0.222 e. The first-order chi connectivity index (χ1) is 4.77. The summed E-state index contributed by atoms with van der Waals surface area (Å²) in [6.45, 7) is 0. The van der Waals surface area contributed by atoms with Gasteiger partial charge >= 0.3 is 0 Å². The zero-order valence-electron chi connectivity index (χ0n) is 4.92. The molecule has 0 radical (unpaired) electrons. The molecule has 0 amide bonds. The highest BCUT2D eigenvalue weighted by atomic mass is 15.1. The highest BCUT2D eigenvalue weighted by Gasteiger charge is 2.12. The predicted molar refractivity (Wildman–Crippen MR) is 35.9 cm³/mol. The van der Waals surface area contributed by atoms with Crippen LogP contribution in [0.1, 0.15) is 0 Å². The van der Waals surface area contributed by atoms with E-state index in [9.17, 15) is 0 Å². The van der Waals surface area contributed by atoms with E-state index in [2.05, 4.69) is 9.98 Å². The zero-order chi connectivity index (χ0) is 7.56. The number of nitrogens with zero attached hydrogens (tertiary/aromatic N) is 3. The first-order valence-electron chi connectivity index (χ1n) is 2.41. The van der Waals surface area contributed by atoms with E-state index >= 15 is 0 Å². The number of allylic oxidation sites excluding steroid dienone is 1. The lowest BCUT2D eigenvalue weighted by Crippen LogP contribution is -2.04. The minimum absolute atomic E-state index is 0.00583. The predicted octanol–water partition coefficient (Wildman–Crippen LogP) is -0.588. The van der Waals surface area contributed by atoms with E-state index in [0.29, 0.717) is 0 Å². The molecule has 0 unspecified atom stereocenters. The molecule has 0 aromatic heterocycles. The van der Waals surface area contributed by atoms with Gasteiger partial charge in [-0.3, -0.25) is 5.41 Å². The molecule has 0 aromatic rings. The number of nitrogens with two attached hydrogens (primary N) is 1. The molecule has 0 saturated carbocycles. The summed E-state index contributed by atoms with van der Waals surface area (Å²) in [6.07, 6.45) is 0. The van der Waals surface area contributed by atoms with E-state index in [4.69, 9.17) is 16.4 Å². The fourth-order valence-corrected chi connectivity index (χ4v) is 0.525. The lowest BCUT2D eigenvalue weighted by molar-refractivity contribution is 1.46. The van der Waals surface area contributed by atoms with Crippen molar-refractivity contribution in [2.75, 3.05) is 0 Å². The minimum atomic E-state index is 0.00583. The Hall–Kier alpha value is -1.92. The number of hydrogen-bond donors (Lipinski definition) is 2. The van der Waals surface area contributed by atoms with Crippen LogP contribution in [0.3, 0.4) is 0 Å². The number of aliphatic imine (C=N–C) groups is 2. The molecule has 10 heavy (non-hydrogen) atoms. The van der Waals surface area contributed by atoms with Gasteiger partial charge in [0.05, 0.1) is 0 Å². The molecule has 5 nitrogen and oxygen atoms in total. The third kappa shape index (κ3) is 0.791. The van der Waals surface area contributed by atoms with Crippen LogP contribution < -0.4 is 5.73 Å². The highest BCUT2D eigenvalue weighted by Crippen LogP contribution is 2.02. The Bertz CT molecular complexity index is 309. The van der Waals surface area contributed by atoms with Gasteiger partial charge in [0.1, 0.15) is 6.07 Å². The molecule has 1 aliphatic heterocycles. The Labute approximate surface area is 56.7 Å². The van der Waals surface area contributed by atoms with Gasteiger partial charge in [-0.15, -0.1) is 0 Å². The van der Waals surface area contributed by atoms with Gasteiger partial charge in [0.2, 0.25) is 5.96 Å². The molecular formula is C5H3N5. The Balaban J connectivity index is 3.16. The largest absolute Gasteiger partial charge is 0.368 e. The van der Waals surface area contributed by atoms with Crippen molar-refractivity contribution >= 4 is 17.5 Å². The second kappa shape index (κ2) is 2.13. The van der Waals surface area contributed by atoms with Crippen molar-refractivity contribution in [1.82, 2.24) is 0 Å². The third-order valence-corrected chi connectivity index (χ3v) is 0.901. The van der Waals surface area contributed by atoms with E-state index in [-0.39, 0.29) is 17.4 Å². The average Bonchev–Trinajstić information content (AvgIpc) is 2.30. The van der Waals surface area contributed by atoms with E-state index < -0.39 is 0 Å². The smallest absolute Gasteiger partial charge is 0.222 e. The SMILES string of the molecule is N#CC1=NC(N)=NC1=C=N. The normalized spacial score (nSPS) is 15.3. The molecule has 1 aliphatic rings. The lowest BCUT2D eigenvalue weighted by Gasteiger charge is -1.77. The third-order valence-electron chi connectivity index (χ3n) is 0.901. The Morgan fingerprint density at radius 1 is 1.50 bits per heavy atom. The van der Waals surface area contributed by atoms with Crippen LogP contribution in [0.5, 0.6) is 0 Å². The van der Waals surface area contributed by atoms with Crippen LogP contribution in [0.2, 0.25) is 0 Å². The molecule has 0 aromatic carbocycles. The molecule has 0 atom stereocenters. The number of nitrogens with one attached hydrogen (secondary N) is 1. The minimum Gasteiger partial charge on any atom is -0.368 e. The fourth-order valence-electron chi connectivity index (χ4n) is 0.525. The van der Waals surface area contributed by atoms with E-state index in [0.717, 1.165) is 0 Å². The van der Waals surface area contributed by atoms with Gasteiger partial charge in [-0.05, 0) is 0 Å². The molecule has 0 saturated heterocycles. The second-order valence-corrected chi connectivity index (χ2v) is 1.52. The van der Waals surface area contributed by atoms with Crippen LogP contribution in [0.25, 0.3) is 0 Å². The molecular weight excluding hydrogens is 130 g/mol. The van der Waals surface area contributed by atoms with Gasteiger partial charge < -0.3 is 5.73 Å². The van der Waals surface area contributed by atoms with Crippen LogP contribution >= 0.6 is 0 Å². The van der Waals surface area contributed by atoms with Crippen LogP contribution in [0.15, 0.2) is 15.7 Å². The van der Waals surface area contributed by atoms with E-state index in [1.54, 1.807) is 6.07 Å². The van der Waals surface area contributed by atoms with Crippen LogP contribution in [0, 0.1) is 16.7 Å². The summed E-state index contributed by atoms with van der Waals surface area (Å²) >= 11 is 0.